The van der Waals surface area contributed by atoms with Crippen molar-refractivity contribution in [3.05, 3.63) is 36.6 Å². The third-order valence-electron chi connectivity index (χ3n) is 7.97. The molecule has 1 amide bonds. The number of nitrogens with zero attached hydrogens (tertiary/aromatic N) is 7. The zero-order valence-electron chi connectivity index (χ0n) is 24.4. The number of carbonyl (C=O) groups is 1. The van der Waals surface area contributed by atoms with Crippen molar-refractivity contribution < 1.29 is 39.8 Å². The van der Waals surface area contributed by atoms with Crippen molar-refractivity contribution in [1.29, 1.82) is 0 Å². The van der Waals surface area contributed by atoms with Crippen LogP contribution in [0.1, 0.15) is 43.9 Å². The third-order valence-corrected chi connectivity index (χ3v) is 7.97. The minimum Gasteiger partial charge on any atom is -0.496 e. The van der Waals surface area contributed by atoms with Gasteiger partial charge in [-0.25, -0.2) is 9.78 Å². The number of likely N-dealkylation sites (tertiary alicyclic amines) is 2. The molecule has 229 valence electrons. The van der Waals surface area contributed by atoms with Crippen molar-refractivity contribution >= 4 is 28.9 Å². The quantitative estimate of drug-likeness (QED) is 0.222. The number of anilines is 2. The number of aliphatic hydroxyl groups is 1. The Bertz CT molecular complexity index is 1360. The molecule has 3 atom stereocenters. The number of hydrogen-bond acceptors (Lipinski definition) is 11. The molecule has 2 aliphatic heterocycles. The summed E-state index contributed by atoms with van der Waals surface area (Å²) in [5, 5.41) is 19.9. The normalized spacial score (nSPS) is 19.1. The topological polar surface area (TPSA) is 143 Å². The molecule has 0 spiro atoms. The maximum atomic E-state index is 11.8. The standard InChI is InChI=1S/C28H40N9O4.Re/c1-5-7-19(6-2)31-26-25-23(32-27(33-26)34-28(39)41-4)13-30-37(25)14-18-12-29-20(10-24(18)40-3)15-36-17-21-11-22(36)16-35(21)8-9-38;/h10,12-13,19,21-22,38H,2,5-9,11,14-17H2,1,3-4H3,(H2,31,32,33,34,39);/q-1;/t19-,21+,22+;/m1./s1. The fourth-order valence-corrected chi connectivity index (χ4v) is 5.95. The summed E-state index contributed by atoms with van der Waals surface area (Å²) in [6, 6.07) is 3.11. The summed E-state index contributed by atoms with van der Waals surface area (Å²) in [4.78, 5) is 30.6. The molecule has 1 radical (unpaired) electrons. The van der Waals surface area contributed by atoms with Crippen LogP contribution >= 0.6 is 0 Å². The van der Waals surface area contributed by atoms with Crippen LogP contribution in [0, 0.1) is 6.92 Å². The molecule has 2 bridgehead atoms. The second-order valence-electron chi connectivity index (χ2n) is 10.6. The molecule has 0 saturated carbocycles. The Labute approximate surface area is 260 Å². The number of ether oxygens (including phenoxy) is 2. The van der Waals surface area contributed by atoms with Crippen molar-refractivity contribution in [3.63, 3.8) is 0 Å². The largest absolute Gasteiger partial charge is 0.496 e. The molecule has 0 aliphatic carbocycles. The van der Waals surface area contributed by atoms with E-state index in [1.807, 2.05) is 16.9 Å². The van der Waals surface area contributed by atoms with Gasteiger partial charge in [-0.1, -0.05) is 13.3 Å². The first-order valence-corrected chi connectivity index (χ1v) is 14.2. The van der Waals surface area contributed by atoms with Crippen molar-refractivity contribution in [2.45, 2.75) is 63.8 Å². The van der Waals surface area contributed by atoms with Gasteiger partial charge in [0.15, 0.2) is 5.82 Å². The molecule has 13 nitrogen and oxygen atoms in total. The summed E-state index contributed by atoms with van der Waals surface area (Å²) in [5.74, 6) is 1.43. The van der Waals surface area contributed by atoms with Gasteiger partial charge in [0, 0.05) is 82.6 Å². The predicted molar refractivity (Wildman–Crippen MR) is 155 cm³/mol. The Morgan fingerprint density at radius 3 is 2.64 bits per heavy atom. The molecule has 5 rings (SSSR count). The second-order valence-corrected chi connectivity index (χ2v) is 10.6. The average Bonchev–Trinajstić information content (AvgIpc) is 3.68. The van der Waals surface area contributed by atoms with Crippen LogP contribution in [-0.2, 0) is 38.2 Å². The number of rotatable bonds is 13. The van der Waals surface area contributed by atoms with Gasteiger partial charge in [0.25, 0.3) is 0 Å². The Morgan fingerprint density at radius 1 is 1.19 bits per heavy atom. The predicted octanol–water partition coefficient (Wildman–Crippen LogP) is 2.51. The van der Waals surface area contributed by atoms with Crippen LogP contribution in [0.2, 0.25) is 0 Å². The van der Waals surface area contributed by atoms with E-state index in [-0.39, 0.29) is 39.0 Å². The number of piperazine rings is 1. The van der Waals surface area contributed by atoms with Crippen LogP contribution in [-0.4, -0.2) is 104 Å². The van der Waals surface area contributed by atoms with Crippen LogP contribution in [0.3, 0.4) is 0 Å². The monoisotopic (exact) mass is 753 g/mol. The number of hydrogen-bond donors (Lipinski definition) is 3. The molecule has 2 aliphatic rings. The van der Waals surface area contributed by atoms with Gasteiger partial charge in [0.05, 0.1) is 39.3 Å². The zero-order chi connectivity index (χ0) is 28.9. The maximum Gasteiger partial charge on any atom is 0.413 e. The molecule has 42 heavy (non-hydrogen) atoms. The molecule has 3 N–H and O–H groups in total. The first kappa shape index (κ1) is 32.0. The fraction of sp³-hybridized carbons (Fsp3) is 0.571. The molecule has 2 saturated heterocycles. The number of methoxy groups -OCH3 is 2. The fourth-order valence-electron chi connectivity index (χ4n) is 5.95. The van der Waals surface area contributed by atoms with Crippen LogP contribution in [0.4, 0.5) is 16.6 Å². The third kappa shape index (κ3) is 7.01. The van der Waals surface area contributed by atoms with Gasteiger partial charge >= 0.3 is 6.09 Å². The molecular formula is C28H40N9O4Re-. The number of amides is 1. The van der Waals surface area contributed by atoms with Crippen LogP contribution in [0.15, 0.2) is 18.5 Å². The number of β-amino-alcohol motifs (C(OH)–C–C–N with tert-alkyl or cyclic N) is 1. The smallest absolute Gasteiger partial charge is 0.413 e. The van der Waals surface area contributed by atoms with Crippen molar-refractivity contribution in [3.8, 4) is 5.75 Å². The number of aliphatic hydroxyl groups excluding tert-OH is 1. The van der Waals surface area contributed by atoms with Crippen molar-refractivity contribution in [2.24, 2.45) is 0 Å². The first-order valence-electron chi connectivity index (χ1n) is 14.2. The van der Waals surface area contributed by atoms with E-state index in [4.69, 9.17) is 14.5 Å². The van der Waals surface area contributed by atoms with Crippen LogP contribution in [0.25, 0.3) is 11.0 Å². The molecule has 3 aromatic rings. The van der Waals surface area contributed by atoms with Crippen LogP contribution in [0.5, 0.6) is 5.75 Å². The summed E-state index contributed by atoms with van der Waals surface area (Å²) in [7, 11) is 2.96. The van der Waals surface area contributed by atoms with Crippen molar-refractivity contribution in [1.82, 2.24) is 34.5 Å². The molecule has 5 heterocycles. The van der Waals surface area contributed by atoms with Gasteiger partial charge in [-0.3, -0.25) is 24.8 Å². The molecule has 2 fully saturated rings. The first-order chi connectivity index (χ1) is 20.0. The summed E-state index contributed by atoms with van der Waals surface area (Å²) >= 11 is 0. The summed E-state index contributed by atoms with van der Waals surface area (Å²) in [6.07, 6.45) is 6.58. The number of pyridine rings is 1. The van der Waals surface area contributed by atoms with E-state index < -0.39 is 6.09 Å². The van der Waals surface area contributed by atoms with E-state index >= 15 is 0 Å². The Morgan fingerprint density at radius 2 is 1.98 bits per heavy atom. The second kappa shape index (κ2) is 14.5. The number of aromatic nitrogens is 5. The molecule has 14 heteroatoms. The minimum absolute atomic E-state index is 0. The average molecular weight is 753 g/mol. The van der Waals surface area contributed by atoms with E-state index in [9.17, 15) is 9.90 Å². The number of fused-ring (bicyclic) bond motifs is 3. The van der Waals surface area contributed by atoms with Gasteiger partial charge in [-0.2, -0.15) is 16.5 Å². The summed E-state index contributed by atoms with van der Waals surface area (Å²) in [6.45, 7) is 10.3. The zero-order valence-corrected chi connectivity index (χ0v) is 27.1. The number of carbonyl (C=O) groups excluding carboxylic acids is 1. The van der Waals surface area contributed by atoms with Crippen LogP contribution < -0.4 is 15.4 Å². The Balaban J connectivity index is 0.00000405. The Hall–Kier alpha value is -2.89. The van der Waals surface area contributed by atoms with E-state index in [1.54, 1.807) is 13.3 Å². The van der Waals surface area contributed by atoms with Gasteiger partial charge in [0.2, 0.25) is 5.95 Å². The van der Waals surface area contributed by atoms with E-state index in [0.717, 1.165) is 62.4 Å². The molecular weight excluding hydrogens is 713 g/mol. The van der Waals surface area contributed by atoms with Crippen molar-refractivity contribution in [2.75, 3.05) is 51.1 Å². The summed E-state index contributed by atoms with van der Waals surface area (Å²) < 4.78 is 12.3. The number of nitrogens with one attached hydrogen (secondary N) is 2. The van der Waals surface area contributed by atoms with Gasteiger partial charge in [-0.05, 0) is 12.8 Å². The molecule has 0 aromatic carbocycles. The minimum atomic E-state index is -0.648. The van der Waals surface area contributed by atoms with E-state index in [0.29, 0.717) is 41.9 Å². The van der Waals surface area contributed by atoms with E-state index in [2.05, 4.69) is 49.3 Å². The van der Waals surface area contributed by atoms with E-state index in [1.165, 1.54) is 7.11 Å². The molecule has 3 aromatic heterocycles. The van der Waals surface area contributed by atoms with Gasteiger partial charge in [-0.15, -0.1) is 0 Å². The molecule has 0 unspecified atom stereocenters. The van der Waals surface area contributed by atoms with Gasteiger partial charge < -0.3 is 26.8 Å². The Kier molecular flexibility index (Phi) is 11.1. The summed E-state index contributed by atoms with van der Waals surface area (Å²) in [5.41, 5.74) is 3.13. The maximum absolute atomic E-state index is 11.8. The van der Waals surface area contributed by atoms with Gasteiger partial charge in [0.1, 0.15) is 16.8 Å². The SMILES string of the molecule is [CH2-]C[C@H](CCC)Nc1nc(NC(=O)OC)nc2cnn(Cc3cnc(CN4C[C@@H]5C[C@H]4CN5CCO)cc3OC)c12.[Re].